The van der Waals surface area contributed by atoms with E-state index >= 15 is 0 Å². The van der Waals surface area contributed by atoms with Crippen molar-refractivity contribution in [2.75, 3.05) is 10.8 Å². The summed E-state index contributed by atoms with van der Waals surface area (Å²) in [5.74, 6) is -0.411. The number of halogens is 1. The van der Waals surface area contributed by atoms with Gasteiger partial charge >= 0.3 is 0 Å². The molecule has 0 fully saturated rings. The Hall–Kier alpha value is -2.83. The first-order valence-corrected chi connectivity index (χ1v) is 13.0. The van der Waals surface area contributed by atoms with Crippen LogP contribution in [0, 0.1) is 6.92 Å². The van der Waals surface area contributed by atoms with Crippen molar-refractivity contribution in [2.24, 2.45) is 0 Å². The minimum Gasteiger partial charge on any atom is -0.348 e. The van der Waals surface area contributed by atoms with Gasteiger partial charge in [-0.2, -0.15) is 0 Å². The molecule has 0 aromatic heterocycles. The highest BCUT2D eigenvalue weighted by Crippen LogP contribution is 2.31. The number of hydrogen-bond donors (Lipinski definition) is 1. The van der Waals surface area contributed by atoms with Crippen LogP contribution in [0.25, 0.3) is 0 Å². The summed E-state index contributed by atoms with van der Waals surface area (Å²) in [4.78, 5) is 13.2. The van der Waals surface area contributed by atoms with E-state index in [9.17, 15) is 13.2 Å². The molecule has 0 radical (unpaired) electrons. The minimum atomic E-state index is -4.00. The summed E-state index contributed by atoms with van der Waals surface area (Å²) in [7, 11) is -4.00. The lowest BCUT2D eigenvalue weighted by molar-refractivity contribution is -0.120. The predicted molar refractivity (Wildman–Crippen MR) is 139 cm³/mol. The second kappa shape index (κ2) is 10.2. The van der Waals surface area contributed by atoms with Crippen molar-refractivity contribution in [3.05, 3.63) is 94.5 Å². The Morgan fingerprint density at radius 1 is 0.971 bits per heavy atom. The molecule has 7 heteroatoms. The van der Waals surface area contributed by atoms with Gasteiger partial charge in [0, 0.05) is 5.02 Å². The molecule has 180 valence electrons. The van der Waals surface area contributed by atoms with Gasteiger partial charge in [-0.25, -0.2) is 8.42 Å². The molecule has 1 amide bonds. The van der Waals surface area contributed by atoms with Gasteiger partial charge in [0.15, 0.2) is 0 Å². The Balaban J connectivity index is 1.88. The lowest BCUT2D eigenvalue weighted by Crippen LogP contribution is -2.42. The fourth-order valence-electron chi connectivity index (χ4n) is 3.66. The Labute approximate surface area is 207 Å². The molecule has 0 spiro atoms. The Bertz CT molecular complexity index is 1250. The quantitative estimate of drug-likeness (QED) is 0.433. The molecule has 3 rings (SSSR count). The third-order valence-corrected chi connectivity index (χ3v) is 7.96. The van der Waals surface area contributed by atoms with E-state index in [0.29, 0.717) is 16.3 Å². The summed E-state index contributed by atoms with van der Waals surface area (Å²) in [5, 5.41) is 3.36. The fraction of sp³-hybridized carbons (Fsp3) is 0.296. The zero-order valence-electron chi connectivity index (χ0n) is 20.2. The van der Waals surface area contributed by atoms with Gasteiger partial charge in [-0.05, 0) is 60.2 Å². The second-order valence-electron chi connectivity index (χ2n) is 9.37. The molecule has 0 heterocycles. The first-order chi connectivity index (χ1) is 15.9. The van der Waals surface area contributed by atoms with Crippen LogP contribution in [-0.4, -0.2) is 20.9 Å². The molecule has 0 saturated carbocycles. The third-order valence-electron chi connectivity index (χ3n) is 5.78. The molecule has 3 aromatic carbocycles. The Morgan fingerprint density at radius 2 is 1.59 bits per heavy atom. The average Bonchev–Trinajstić information content (AvgIpc) is 2.79. The summed E-state index contributed by atoms with van der Waals surface area (Å²) in [6.45, 7) is 9.68. The van der Waals surface area contributed by atoms with Crippen LogP contribution in [0.2, 0.25) is 5.02 Å². The van der Waals surface area contributed by atoms with Gasteiger partial charge in [0.1, 0.15) is 6.54 Å². The number of rotatable bonds is 7. The van der Waals surface area contributed by atoms with E-state index in [1.54, 1.807) is 43.3 Å². The van der Waals surface area contributed by atoms with E-state index in [1.807, 2.05) is 19.1 Å². The molecule has 0 aliphatic carbocycles. The van der Waals surface area contributed by atoms with Crippen molar-refractivity contribution in [2.45, 2.75) is 51.0 Å². The summed E-state index contributed by atoms with van der Waals surface area (Å²) in [6.07, 6.45) is 0. The van der Waals surface area contributed by atoms with Gasteiger partial charge in [0.2, 0.25) is 5.91 Å². The SMILES string of the molecule is Cc1c(Cl)cccc1N(CC(=O)NC(C)c1ccc(C(C)(C)C)cc1)S(=O)(=O)c1ccccc1. The lowest BCUT2D eigenvalue weighted by atomic mass is 9.86. The van der Waals surface area contributed by atoms with Gasteiger partial charge in [-0.15, -0.1) is 0 Å². The van der Waals surface area contributed by atoms with Crippen molar-refractivity contribution in [1.82, 2.24) is 5.32 Å². The monoisotopic (exact) mass is 498 g/mol. The largest absolute Gasteiger partial charge is 0.348 e. The van der Waals surface area contributed by atoms with Crippen molar-refractivity contribution < 1.29 is 13.2 Å². The molecule has 5 nitrogen and oxygen atoms in total. The molecule has 0 aliphatic heterocycles. The number of carbonyl (C=O) groups excluding carboxylic acids is 1. The highest BCUT2D eigenvalue weighted by atomic mass is 35.5. The molecule has 1 unspecified atom stereocenters. The number of benzene rings is 3. The number of hydrogen-bond acceptors (Lipinski definition) is 3. The van der Waals surface area contributed by atoms with Crippen LogP contribution >= 0.6 is 11.6 Å². The summed E-state index contributed by atoms with van der Waals surface area (Å²) < 4.78 is 28.2. The van der Waals surface area contributed by atoms with Gasteiger partial charge in [0.05, 0.1) is 16.6 Å². The van der Waals surface area contributed by atoms with Gasteiger partial charge < -0.3 is 5.32 Å². The predicted octanol–water partition coefficient (Wildman–Crippen LogP) is 6.02. The van der Waals surface area contributed by atoms with Crippen LogP contribution in [-0.2, 0) is 20.2 Å². The van der Waals surface area contributed by atoms with Crippen LogP contribution in [0.1, 0.15) is 50.4 Å². The molecule has 0 aliphatic rings. The van der Waals surface area contributed by atoms with Crippen LogP contribution < -0.4 is 9.62 Å². The maximum atomic E-state index is 13.5. The van der Waals surface area contributed by atoms with E-state index in [1.165, 1.54) is 17.7 Å². The highest BCUT2D eigenvalue weighted by Gasteiger charge is 2.29. The zero-order chi connectivity index (χ0) is 25.1. The number of carbonyl (C=O) groups is 1. The molecule has 0 bridgehead atoms. The molecule has 1 atom stereocenters. The molecule has 34 heavy (non-hydrogen) atoms. The van der Waals surface area contributed by atoms with Gasteiger partial charge in [-0.3, -0.25) is 9.10 Å². The average molecular weight is 499 g/mol. The standard InChI is InChI=1S/C27H31ClN2O3S/c1-19-24(28)12-9-13-25(19)30(34(32,33)23-10-7-6-8-11-23)18-26(31)29-20(2)21-14-16-22(17-15-21)27(3,4)5/h6-17,20H,18H2,1-5H3,(H,29,31). The van der Waals surface area contributed by atoms with E-state index in [2.05, 4.69) is 38.2 Å². The summed E-state index contributed by atoms with van der Waals surface area (Å²) in [5.41, 5.74) is 3.13. The number of anilines is 1. The Morgan fingerprint density at radius 3 is 2.18 bits per heavy atom. The maximum absolute atomic E-state index is 13.5. The summed E-state index contributed by atoms with van der Waals surface area (Å²) >= 11 is 6.28. The lowest BCUT2D eigenvalue weighted by Gasteiger charge is -2.27. The van der Waals surface area contributed by atoms with Crippen LogP contribution in [0.4, 0.5) is 5.69 Å². The number of nitrogens with zero attached hydrogens (tertiary/aromatic N) is 1. The van der Waals surface area contributed by atoms with Crippen LogP contribution in [0.5, 0.6) is 0 Å². The van der Waals surface area contributed by atoms with Crippen molar-refractivity contribution in [3.63, 3.8) is 0 Å². The van der Waals surface area contributed by atoms with E-state index < -0.39 is 15.9 Å². The van der Waals surface area contributed by atoms with Crippen molar-refractivity contribution >= 4 is 33.2 Å². The summed E-state index contributed by atoms with van der Waals surface area (Å²) in [6, 6.07) is 20.9. The number of sulfonamides is 1. The van der Waals surface area contributed by atoms with E-state index in [-0.39, 0.29) is 22.9 Å². The number of amides is 1. The molecular weight excluding hydrogens is 468 g/mol. The second-order valence-corrected chi connectivity index (χ2v) is 11.6. The maximum Gasteiger partial charge on any atom is 0.264 e. The van der Waals surface area contributed by atoms with Crippen molar-refractivity contribution in [3.8, 4) is 0 Å². The highest BCUT2D eigenvalue weighted by molar-refractivity contribution is 7.92. The molecule has 3 aromatic rings. The van der Waals surface area contributed by atoms with Crippen LogP contribution in [0.3, 0.4) is 0 Å². The molecule has 0 saturated heterocycles. The van der Waals surface area contributed by atoms with E-state index in [0.717, 1.165) is 9.87 Å². The zero-order valence-corrected chi connectivity index (χ0v) is 21.7. The van der Waals surface area contributed by atoms with E-state index in [4.69, 9.17) is 11.6 Å². The Kier molecular flexibility index (Phi) is 7.74. The topological polar surface area (TPSA) is 66.5 Å². The van der Waals surface area contributed by atoms with Gasteiger partial charge in [-0.1, -0.05) is 80.9 Å². The molecular formula is C27H31ClN2O3S. The minimum absolute atomic E-state index is 0.0339. The number of nitrogens with one attached hydrogen (secondary N) is 1. The molecule has 1 N–H and O–H groups in total. The van der Waals surface area contributed by atoms with Gasteiger partial charge in [0.25, 0.3) is 10.0 Å². The van der Waals surface area contributed by atoms with Crippen LogP contribution in [0.15, 0.2) is 77.7 Å². The first kappa shape index (κ1) is 25.8. The first-order valence-electron chi connectivity index (χ1n) is 11.1. The van der Waals surface area contributed by atoms with Crippen molar-refractivity contribution in [1.29, 1.82) is 0 Å². The third kappa shape index (κ3) is 5.80. The smallest absolute Gasteiger partial charge is 0.264 e. The normalized spacial score (nSPS) is 12.8. The fourth-order valence-corrected chi connectivity index (χ4v) is 5.33.